The summed E-state index contributed by atoms with van der Waals surface area (Å²) < 4.78 is 7.64. The molecule has 0 saturated carbocycles. The van der Waals surface area contributed by atoms with Crippen molar-refractivity contribution < 1.29 is 0 Å². The molecule has 0 radical (unpaired) electrons. The van der Waals surface area contributed by atoms with Crippen LogP contribution in [0.4, 0.5) is 0 Å². The molecule has 0 aromatic heterocycles. The van der Waals surface area contributed by atoms with Gasteiger partial charge >= 0.3 is 139 Å². The van der Waals surface area contributed by atoms with Crippen LogP contribution in [0, 0.1) is 0 Å². The van der Waals surface area contributed by atoms with E-state index in [0.29, 0.717) is 0 Å². The monoisotopic (exact) mass is 403 g/mol. The molecule has 1 N–H and O–H groups in total. The summed E-state index contributed by atoms with van der Waals surface area (Å²) in [5.74, 6) is 0. The van der Waals surface area contributed by atoms with E-state index >= 15 is 0 Å². The summed E-state index contributed by atoms with van der Waals surface area (Å²) in [6.45, 7) is 11.6. The fourth-order valence-electron chi connectivity index (χ4n) is 3.07. The van der Waals surface area contributed by atoms with Crippen molar-refractivity contribution in [1.82, 2.24) is 5.32 Å². The van der Waals surface area contributed by atoms with Crippen molar-refractivity contribution in [2.24, 2.45) is 0 Å². The number of rotatable bonds is 15. The van der Waals surface area contributed by atoms with Gasteiger partial charge in [-0.1, -0.05) is 0 Å². The molecule has 0 aromatic rings. The SMILES string of the molecule is CCC[CH2][Sn](/[CH]=C/CCCNCC)([CH2]CCC)[CH2]CCC. The van der Waals surface area contributed by atoms with Gasteiger partial charge in [-0.25, -0.2) is 0 Å². The van der Waals surface area contributed by atoms with Crippen molar-refractivity contribution in [2.75, 3.05) is 13.1 Å². The molecule has 21 heavy (non-hydrogen) atoms. The van der Waals surface area contributed by atoms with Crippen LogP contribution in [0.15, 0.2) is 10.2 Å². The minimum absolute atomic E-state index is 1.11. The van der Waals surface area contributed by atoms with Crippen LogP contribution in [0.2, 0.25) is 13.3 Å². The average molecular weight is 402 g/mol. The summed E-state index contributed by atoms with van der Waals surface area (Å²) in [4.78, 5) is 0. The molecule has 126 valence electrons. The van der Waals surface area contributed by atoms with Gasteiger partial charge in [0.05, 0.1) is 0 Å². The van der Waals surface area contributed by atoms with Crippen LogP contribution in [0.25, 0.3) is 0 Å². The van der Waals surface area contributed by atoms with E-state index in [1.54, 1.807) is 13.3 Å². The molecule has 0 saturated heterocycles. The Kier molecular flexibility index (Phi) is 15.8. The number of allylic oxidation sites excluding steroid dienone is 1. The number of hydrogen-bond acceptors (Lipinski definition) is 1. The molecule has 0 aliphatic rings. The van der Waals surface area contributed by atoms with E-state index in [9.17, 15) is 0 Å². The van der Waals surface area contributed by atoms with Gasteiger partial charge in [0, 0.05) is 0 Å². The van der Waals surface area contributed by atoms with E-state index in [1.807, 2.05) is 0 Å². The molecule has 0 unspecified atom stereocenters. The molecule has 0 spiro atoms. The number of unbranched alkanes of at least 4 members (excludes halogenated alkanes) is 4. The molecule has 1 nitrogen and oxygen atoms in total. The molecule has 0 aliphatic heterocycles. The second-order valence-electron chi connectivity index (χ2n) is 6.57. The van der Waals surface area contributed by atoms with Gasteiger partial charge in [0.1, 0.15) is 0 Å². The molecule has 0 heterocycles. The molecule has 0 rings (SSSR count). The Labute approximate surface area is 139 Å². The van der Waals surface area contributed by atoms with Gasteiger partial charge in [0.25, 0.3) is 0 Å². The zero-order valence-corrected chi connectivity index (χ0v) is 18.2. The molecule has 0 aromatic carbocycles. The second kappa shape index (κ2) is 15.4. The topological polar surface area (TPSA) is 12.0 Å². The van der Waals surface area contributed by atoms with Crippen LogP contribution in [0.3, 0.4) is 0 Å². The Hall–Kier alpha value is 0.499. The molecule has 0 amide bonds. The van der Waals surface area contributed by atoms with Gasteiger partial charge in [0.2, 0.25) is 0 Å². The Morgan fingerprint density at radius 2 is 1.29 bits per heavy atom. The van der Waals surface area contributed by atoms with Crippen LogP contribution in [-0.2, 0) is 0 Å². The van der Waals surface area contributed by atoms with Gasteiger partial charge in [0.15, 0.2) is 0 Å². The summed E-state index contributed by atoms with van der Waals surface area (Å²) in [5, 5.41) is 3.43. The van der Waals surface area contributed by atoms with Crippen molar-refractivity contribution in [2.45, 2.75) is 92.4 Å². The molecule has 2 heteroatoms. The predicted octanol–water partition coefficient (Wildman–Crippen LogP) is 6.32. The third-order valence-corrected chi connectivity index (χ3v) is 18.8. The number of nitrogens with one attached hydrogen (secondary N) is 1. The van der Waals surface area contributed by atoms with Crippen LogP contribution >= 0.6 is 0 Å². The summed E-state index contributed by atoms with van der Waals surface area (Å²) in [7, 11) is 0. The second-order valence-corrected chi connectivity index (χ2v) is 19.6. The fourth-order valence-corrected chi connectivity index (χ4v) is 17.6. The van der Waals surface area contributed by atoms with Crippen molar-refractivity contribution in [3.05, 3.63) is 10.2 Å². The van der Waals surface area contributed by atoms with Crippen LogP contribution < -0.4 is 5.32 Å². The Balaban J connectivity index is 4.50. The Morgan fingerprint density at radius 1 is 0.762 bits per heavy atom. The molecule has 0 atom stereocenters. The quantitative estimate of drug-likeness (QED) is 0.250. The fraction of sp³-hybridized carbons (Fsp3) is 0.895. The molecular weight excluding hydrogens is 361 g/mol. The third kappa shape index (κ3) is 11.7. The van der Waals surface area contributed by atoms with E-state index in [4.69, 9.17) is 0 Å². The first-order valence-corrected chi connectivity index (χ1v) is 17.3. The zero-order valence-electron chi connectivity index (χ0n) is 15.3. The Morgan fingerprint density at radius 3 is 1.71 bits per heavy atom. The predicted molar refractivity (Wildman–Crippen MR) is 102 cm³/mol. The van der Waals surface area contributed by atoms with Crippen LogP contribution in [0.5, 0.6) is 0 Å². The van der Waals surface area contributed by atoms with E-state index in [2.05, 4.69) is 43.2 Å². The van der Waals surface area contributed by atoms with Gasteiger partial charge in [-0.05, 0) is 0 Å². The van der Waals surface area contributed by atoms with E-state index < -0.39 is 18.4 Å². The summed E-state index contributed by atoms with van der Waals surface area (Å²) in [6.07, 6.45) is 13.7. The van der Waals surface area contributed by atoms with Crippen molar-refractivity contribution in [1.29, 1.82) is 0 Å². The Bertz CT molecular complexity index is 216. The zero-order chi connectivity index (χ0) is 15.8. The van der Waals surface area contributed by atoms with Gasteiger partial charge in [-0.2, -0.15) is 0 Å². The first kappa shape index (κ1) is 21.5. The molecule has 0 fully saturated rings. The van der Waals surface area contributed by atoms with Crippen molar-refractivity contribution >= 4 is 18.4 Å². The van der Waals surface area contributed by atoms with Crippen LogP contribution in [-0.4, -0.2) is 31.5 Å². The maximum atomic E-state index is 3.43. The molecule has 0 aliphatic carbocycles. The third-order valence-electron chi connectivity index (χ3n) is 4.53. The standard InChI is InChI=1S/C7H14N.3C4H9.Sn/c1-3-5-6-7-8-4-2;3*1-3-4-2;/h1,3,8H,4-7H2,2H3;3*1,3-4H2,2H3;. The van der Waals surface area contributed by atoms with Crippen molar-refractivity contribution in [3.63, 3.8) is 0 Å². The number of hydrogen-bond donors (Lipinski definition) is 1. The van der Waals surface area contributed by atoms with E-state index in [1.165, 1.54) is 57.9 Å². The summed E-state index contributed by atoms with van der Waals surface area (Å²) in [6, 6.07) is 0. The van der Waals surface area contributed by atoms with E-state index in [-0.39, 0.29) is 0 Å². The maximum absolute atomic E-state index is 3.43. The summed E-state index contributed by atoms with van der Waals surface area (Å²) >= 11 is -1.96. The first-order chi connectivity index (χ1) is 10.2. The van der Waals surface area contributed by atoms with Crippen LogP contribution in [0.1, 0.15) is 79.1 Å². The molecule has 0 bridgehead atoms. The van der Waals surface area contributed by atoms with Gasteiger partial charge < -0.3 is 0 Å². The normalized spacial score (nSPS) is 12.4. The van der Waals surface area contributed by atoms with Gasteiger partial charge in [-0.3, -0.25) is 0 Å². The van der Waals surface area contributed by atoms with Gasteiger partial charge in [-0.15, -0.1) is 0 Å². The van der Waals surface area contributed by atoms with E-state index in [0.717, 1.165) is 6.54 Å². The minimum atomic E-state index is -1.96. The van der Waals surface area contributed by atoms with Crippen molar-refractivity contribution in [3.8, 4) is 0 Å². The molecular formula is C19H41NSn. The summed E-state index contributed by atoms with van der Waals surface area (Å²) in [5.41, 5.74) is 0. The first-order valence-electron chi connectivity index (χ1n) is 9.63. The average Bonchev–Trinajstić information content (AvgIpc) is 2.51.